The molecule has 14 nitrogen and oxygen atoms in total. The van der Waals surface area contributed by atoms with E-state index in [1.165, 1.54) is 6.42 Å². The molecule has 5 heterocycles. The van der Waals surface area contributed by atoms with Gasteiger partial charge in [0.25, 0.3) is 5.91 Å². The molecule has 0 aromatic heterocycles. The third kappa shape index (κ3) is 6.32. The number of alkyl halides is 1. The average Bonchev–Trinajstić information content (AvgIpc) is 3.49. The molecule has 8 rings (SSSR count). The number of rotatable bonds is 8. The third-order valence-electron chi connectivity index (χ3n) is 13.0. The molecule has 3 saturated carbocycles. The van der Waals surface area contributed by atoms with Crippen molar-refractivity contribution in [1.82, 2.24) is 20.4 Å². The molecule has 8 aliphatic rings. The Morgan fingerprint density at radius 1 is 0.940 bits per heavy atom. The molecule has 0 bridgehead atoms. The van der Waals surface area contributed by atoms with Crippen LogP contribution < -0.4 is 10.6 Å². The van der Waals surface area contributed by atoms with Gasteiger partial charge >= 0.3 is 0 Å². The molecule has 0 spiro atoms. The summed E-state index contributed by atoms with van der Waals surface area (Å²) in [4.78, 5) is 32.4. The Hall–Kier alpha value is -1.79. The fourth-order valence-electron chi connectivity index (χ4n) is 10.5. The molecule has 5 aliphatic heterocycles. The first-order valence-corrected chi connectivity index (χ1v) is 18.9. The molecular weight excluding hydrogens is 655 g/mol. The van der Waals surface area contributed by atoms with Gasteiger partial charge in [-0.05, 0) is 63.5 Å². The van der Waals surface area contributed by atoms with Crippen LogP contribution in [0.5, 0.6) is 0 Å². The van der Waals surface area contributed by atoms with Crippen LogP contribution in [-0.4, -0.2) is 167 Å². The second-order valence-corrected chi connectivity index (χ2v) is 15.7. The first kappa shape index (κ1) is 35.3. The molecule has 12 unspecified atom stereocenters. The summed E-state index contributed by atoms with van der Waals surface area (Å²) in [6.07, 6.45) is 0.156. The van der Waals surface area contributed by atoms with E-state index in [1.807, 2.05) is 0 Å². The van der Waals surface area contributed by atoms with Gasteiger partial charge in [-0.1, -0.05) is 12.8 Å². The minimum absolute atomic E-state index is 0.0449. The molecule has 3 aliphatic carbocycles. The van der Waals surface area contributed by atoms with Crippen LogP contribution in [0.15, 0.2) is 11.8 Å². The van der Waals surface area contributed by atoms with Gasteiger partial charge in [0.05, 0.1) is 67.9 Å². The maximum Gasteiger partial charge on any atom is 0.256 e. The van der Waals surface area contributed by atoms with Gasteiger partial charge in [-0.15, -0.1) is 0 Å². The summed E-state index contributed by atoms with van der Waals surface area (Å²) in [7, 11) is 0. The van der Waals surface area contributed by atoms with Crippen LogP contribution >= 0.6 is 0 Å². The van der Waals surface area contributed by atoms with Crippen LogP contribution in [-0.2, 0) is 28.5 Å². The minimum Gasteiger partial charge on any atom is -0.394 e. The van der Waals surface area contributed by atoms with E-state index in [1.54, 1.807) is 6.20 Å². The Labute approximate surface area is 291 Å². The summed E-state index contributed by atoms with van der Waals surface area (Å²) >= 11 is 0. The van der Waals surface area contributed by atoms with Crippen LogP contribution in [0.4, 0.5) is 4.39 Å². The highest BCUT2D eigenvalue weighted by atomic mass is 19.1. The zero-order chi connectivity index (χ0) is 34.7. The summed E-state index contributed by atoms with van der Waals surface area (Å²) in [6.45, 7) is 4.05. The Balaban J connectivity index is 1.05. The van der Waals surface area contributed by atoms with E-state index in [4.69, 9.17) is 18.9 Å². The standard InChI is InChI=1S/C35H53FN4O10/c36-21-12-19-29-33(27(21)37-6-3-7-39-8-10-47-11-9-39)49-25-13-18-17-4-1-2-5-23(17)48-24(18)14-22(25)40(29)15-20(30(19)42)34(45)38-28-32(44)31(43)26(16-41)50-35(28)46/h15,17-19,21-29,31-33,35,37,41,43-44,46H,1-14,16H2,(H,38,45)/t17?,18?,19?,21?,22?,23?,24?,25?,26-,27?,28-,29?,31+,32-,33?,35?/m1/s1. The van der Waals surface area contributed by atoms with Gasteiger partial charge in [-0.25, -0.2) is 4.39 Å². The lowest BCUT2D eigenvalue weighted by molar-refractivity contribution is -0.253. The van der Waals surface area contributed by atoms with E-state index in [9.17, 15) is 30.0 Å². The fourth-order valence-corrected chi connectivity index (χ4v) is 10.5. The van der Waals surface area contributed by atoms with Crippen LogP contribution in [0.2, 0.25) is 0 Å². The van der Waals surface area contributed by atoms with Gasteiger partial charge in [0.2, 0.25) is 0 Å². The summed E-state index contributed by atoms with van der Waals surface area (Å²) in [5.74, 6) is -1.39. The largest absolute Gasteiger partial charge is 0.394 e. The van der Waals surface area contributed by atoms with Crippen molar-refractivity contribution in [2.45, 2.75) is 131 Å². The number of ether oxygens (including phenoxy) is 4. The number of ketones is 1. The number of hydrogen-bond acceptors (Lipinski definition) is 13. The van der Waals surface area contributed by atoms with Crippen LogP contribution in [0, 0.1) is 17.8 Å². The Kier molecular flexibility index (Phi) is 10.3. The average molecular weight is 709 g/mol. The predicted molar refractivity (Wildman–Crippen MR) is 173 cm³/mol. The molecule has 0 aromatic rings. The number of nitrogens with one attached hydrogen (secondary N) is 2. The second-order valence-electron chi connectivity index (χ2n) is 15.7. The first-order valence-electron chi connectivity index (χ1n) is 18.9. The lowest BCUT2D eigenvalue weighted by Gasteiger charge is -2.60. The van der Waals surface area contributed by atoms with E-state index < -0.39 is 79.2 Å². The first-order chi connectivity index (χ1) is 24.2. The smallest absolute Gasteiger partial charge is 0.256 e. The van der Waals surface area contributed by atoms with Crippen LogP contribution in [0.3, 0.4) is 0 Å². The molecule has 0 aromatic carbocycles. The predicted octanol–water partition coefficient (Wildman–Crippen LogP) is -1.42. The van der Waals surface area contributed by atoms with Crippen molar-refractivity contribution >= 4 is 11.7 Å². The summed E-state index contributed by atoms with van der Waals surface area (Å²) < 4.78 is 40.6. The van der Waals surface area contributed by atoms with E-state index in [2.05, 4.69) is 20.4 Å². The third-order valence-corrected chi connectivity index (χ3v) is 13.0. The monoisotopic (exact) mass is 708 g/mol. The number of fused-ring (bicyclic) bond motifs is 5. The number of carbonyl (C=O) groups is 2. The lowest BCUT2D eigenvalue weighted by atomic mass is 9.67. The van der Waals surface area contributed by atoms with E-state index >= 15 is 4.39 Å². The highest BCUT2D eigenvalue weighted by molar-refractivity contribution is 6.20. The zero-order valence-corrected chi connectivity index (χ0v) is 28.4. The molecule has 1 amide bonds. The number of morpholine rings is 2. The van der Waals surface area contributed by atoms with E-state index in [0.717, 1.165) is 65.0 Å². The van der Waals surface area contributed by atoms with Crippen molar-refractivity contribution in [1.29, 1.82) is 0 Å². The van der Waals surface area contributed by atoms with Crippen molar-refractivity contribution < 1.29 is 53.4 Å². The van der Waals surface area contributed by atoms with Gasteiger partial charge in [0.1, 0.15) is 30.5 Å². The second kappa shape index (κ2) is 14.6. The van der Waals surface area contributed by atoms with Crippen molar-refractivity contribution in [3.63, 3.8) is 0 Å². The minimum atomic E-state index is -1.74. The normalized spacial score (nSPS) is 47.4. The molecule has 280 valence electrons. The van der Waals surface area contributed by atoms with Crippen molar-refractivity contribution in [2.24, 2.45) is 17.8 Å². The van der Waals surface area contributed by atoms with Gasteiger partial charge in [-0.3, -0.25) is 14.5 Å². The highest BCUT2D eigenvalue weighted by Crippen LogP contribution is 2.52. The molecule has 7 fully saturated rings. The SMILES string of the molecule is O=C(N[C@H]1C(O)O[C@H](CO)[C@H](O)[C@@H]1O)C1=CN2C3CC4OC5CCCCC5C4CC3OC3C(NCCCN4CCOCC4)C(F)CC(C1=O)C32. The molecule has 16 atom stereocenters. The Morgan fingerprint density at radius 2 is 1.74 bits per heavy atom. The fraction of sp³-hybridized carbons (Fsp3) is 0.886. The molecule has 15 heteroatoms. The van der Waals surface area contributed by atoms with Gasteiger partial charge < -0.3 is 54.9 Å². The number of Topliss-reactive ketones (excluding diaryl/α,β-unsaturated/α-hetero) is 1. The Morgan fingerprint density at radius 3 is 2.54 bits per heavy atom. The number of aliphatic hydroxyl groups excluding tert-OH is 4. The lowest BCUT2D eigenvalue weighted by Crippen LogP contribution is -2.73. The number of aliphatic hydroxyl groups is 4. The van der Waals surface area contributed by atoms with Crippen LogP contribution in [0.25, 0.3) is 0 Å². The summed E-state index contributed by atoms with van der Waals surface area (Å²) in [5, 5.41) is 47.0. The summed E-state index contributed by atoms with van der Waals surface area (Å²) in [5.41, 5.74) is -0.198. The van der Waals surface area contributed by atoms with Crippen molar-refractivity contribution in [3.05, 3.63) is 11.8 Å². The number of amides is 1. The number of carbonyl (C=O) groups excluding carboxylic acids is 2. The highest BCUT2D eigenvalue weighted by Gasteiger charge is 2.61. The van der Waals surface area contributed by atoms with Gasteiger partial charge in [0.15, 0.2) is 12.1 Å². The summed E-state index contributed by atoms with van der Waals surface area (Å²) in [6, 6.07) is -2.75. The Bertz CT molecular complexity index is 1290. The molecule has 4 saturated heterocycles. The number of hydrogen-bond donors (Lipinski definition) is 6. The topological polar surface area (TPSA) is 183 Å². The van der Waals surface area contributed by atoms with Crippen molar-refractivity contribution in [2.75, 3.05) is 46.0 Å². The van der Waals surface area contributed by atoms with Crippen molar-refractivity contribution in [3.8, 4) is 0 Å². The van der Waals surface area contributed by atoms with Crippen LogP contribution in [0.1, 0.15) is 51.4 Å². The van der Waals surface area contributed by atoms with E-state index in [-0.39, 0.29) is 36.3 Å². The molecular formula is C35H53FN4O10. The van der Waals surface area contributed by atoms with Gasteiger partial charge in [-0.2, -0.15) is 0 Å². The quantitative estimate of drug-likeness (QED) is 0.128. The molecule has 50 heavy (non-hydrogen) atoms. The number of nitrogens with zero attached hydrogens (tertiary/aromatic N) is 2. The number of halogens is 1. The van der Waals surface area contributed by atoms with Gasteiger partial charge in [0, 0.05) is 25.2 Å². The maximum atomic E-state index is 16.3. The maximum absolute atomic E-state index is 16.3. The zero-order valence-electron chi connectivity index (χ0n) is 28.4. The molecule has 0 radical (unpaired) electrons. The van der Waals surface area contributed by atoms with E-state index in [0.29, 0.717) is 24.8 Å². The molecule has 6 N–H and O–H groups in total.